The van der Waals surface area contributed by atoms with Crippen molar-refractivity contribution in [3.8, 4) is 5.75 Å². The Bertz CT molecular complexity index is 906. The van der Waals surface area contributed by atoms with E-state index in [-0.39, 0.29) is 17.0 Å². The average Bonchev–Trinajstić information content (AvgIpc) is 2.93. The Balaban J connectivity index is 2.35. The SMILES string of the molecule is COC(=O)c1cc(CN(C)S(=O)(=O)c2c(C)cc(OC)cc2C)oc1C. The Hall–Kier alpha value is -2.32. The fourth-order valence-electron chi connectivity index (χ4n) is 2.83. The van der Waals surface area contributed by atoms with Crippen LogP contribution in [0, 0.1) is 20.8 Å². The molecule has 0 unspecified atom stereocenters. The molecule has 0 aliphatic heterocycles. The second-order valence-electron chi connectivity index (χ2n) is 6.03. The van der Waals surface area contributed by atoms with Gasteiger partial charge in [-0.3, -0.25) is 0 Å². The number of ether oxygens (including phenoxy) is 2. The first-order chi connectivity index (χ1) is 12.1. The maximum Gasteiger partial charge on any atom is 0.341 e. The van der Waals surface area contributed by atoms with Gasteiger partial charge in [0.15, 0.2) is 0 Å². The van der Waals surface area contributed by atoms with Crippen molar-refractivity contribution in [3.05, 3.63) is 46.4 Å². The minimum Gasteiger partial charge on any atom is -0.497 e. The summed E-state index contributed by atoms with van der Waals surface area (Å²) in [7, 11) is 0.527. The van der Waals surface area contributed by atoms with Gasteiger partial charge in [-0.15, -0.1) is 0 Å². The smallest absolute Gasteiger partial charge is 0.341 e. The molecular formula is C18H23NO6S. The number of carbonyl (C=O) groups excluding carboxylic acids is 1. The maximum absolute atomic E-state index is 13.0. The van der Waals surface area contributed by atoms with E-state index in [1.807, 2.05) is 0 Å². The molecule has 142 valence electrons. The van der Waals surface area contributed by atoms with Gasteiger partial charge in [-0.2, -0.15) is 4.31 Å². The topological polar surface area (TPSA) is 86.0 Å². The van der Waals surface area contributed by atoms with Crippen LogP contribution in [0.3, 0.4) is 0 Å². The van der Waals surface area contributed by atoms with E-state index in [4.69, 9.17) is 9.15 Å². The first kappa shape index (κ1) is 20.0. The van der Waals surface area contributed by atoms with Gasteiger partial charge in [-0.1, -0.05) is 0 Å². The number of hydrogen-bond donors (Lipinski definition) is 0. The molecule has 2 rings (SSSR count). The minimum atomic E-state index is -3.75. The largest absolute Gasteiger partial charge is 0.497 e. The zero-order chi connectivity index (χ0) is 19.6. The molecule has 0 atom stereocenters. The molecule has 0 fully saturated rings. The second kappa shape index (κ2) is 7.51. The second-order valence-corrected chi connectivity index (χ2v) is 8.01. The van der Waals surface area contributed by atoms with E-state index in [0.29, 0.717) is 28.4 Å². The highest BCUT2D eigenvalue weighted by Crippen LogP contribution is 2.29. The van der Waals surface area contributed by atoms with Crippen molar-refractivity contribution in [2.24, 2.45) is 0 Å². The lowest BCUT2D eigenvalue weighted by atomic mass is 10.1. The van der Waals surface area contributed by atoms with Crippen molar-refractivity contribution in [2.75, 3.05) is 21.3 Å². The van der Waals surface area contributed by atoms with E-state index < -0.39 is 16.0 Å². The summed E-state index contributed by atoms with van der Waals surface area (Å²) in [5.41, 5.74) is 1.48. The molecule has 26 heavy (non-hydrogen) atoms. The highest BCUT2D eigenvalue weighted by Gasteiger charge is 2.27. The van der Waals surface area contributed by atoms with E-state index >= 15 is 0 Å². The molecule has 0 radical (unpaired) electrons. The van der Waals surface area contributed by atoms with Crippen LogP contribution in [0.25, 0.3) is 0 Å². The number of esters is 1. The Labute approximate surface area is 153 Å². The van der Waals surface area contributed by atoms with Crippen molar-refractivity contribution in [1.82, 2.24) is 4.31 Å². The molecule has 1 heterocycles. The summed E-state index contributed by atoms with van der Waals surface area (Å²) in [4.78, 5) is 11.9. The number of methoxy groups -OCH3 is 2. The maximum atomic E-state index is 13.0. The summed E-state index contributed by atoms with van der Waals surface area (Å²) in [5.74, 6) is 0.822. The Kier molecular flexibility index (Phi) is 5.77. The van der Waals surface area contributed by atoms with Gasteiger partial charge in [0.1, 0.15) is 22.8 Å². The Morgan fingerprint density at radius 2 is 1.69 bits per heavy atom. The van der Waals surface area contributed by atoms with E-state index in [1.165, 1.54) is 31.6 Å². The normalized spacial score (nSPS) is 11.7. The first-order valence-electron chi connectivity index (χ1n) is 7.91. The third-order valence-corrected chi connectivity index (χ3v) is 6.20. The van der Waals surface area contributed by atoms with Gasteiger partial charge in [0.2, 0.25) is 10.0 Å². The van der Waals surface area contributed by atoms with Crippen molar-refractivity contribution < 1.29 is 27.1 Å². The van der Waals surface area contributed by atoms with Gasteiger partial charge < -0.3 is 13.9 Å². The molecular weight excluding hydrogens is 358 g/mol. The van der Waals surface area contributed by atoms with Gasteiger partial charge in [-0.25, -0.2) is 13.2 Å². The number of rotatable bonds is 6. The third-order valence-electron chi connectivity index (χ3n) is 4.09. The number of nitrogens with zero attached hydrogens (tertiary/aromatic N) is 1. The van der Waals surface area contributed by atoms with Gasteiger partial charge in [0.25, 0.3) is 0 Å². The van der Waals surface area contributed by atoms with E-state index in [1.54, 1.807) is 32.9 Å². The molecule has 1 aromatic carbocycles. The summed E-state index contributed by atoms with van der Waals surface area (Å²) < 4.78 is 42.6. The summed E-state index contributed by atoms with van der Waals surface area (Å²) >= 11 is 0. The molecule has 1 aromatic heterocycles. The van der Waals surface area contributed by atoms with Crippen molar-refractivity contribution in [2.45, 2.75) is 32.2 Å². The summed E-state index contributed by atoms with van der Waals surface area (Å²) in [5, 5.41) is 0. The molecule has 8 heteroatoms. The predicted octanol–water partition coefficient (Wildman–Crippen LogP) is 2.82. The van der Waals surface area contributed by atoms with E-state index in [9.17, 15) is 13.2 Å². The van der Waals surface area contributed by atoms with Crippen LogP contribution in [0.4, 0.5) is 0 Å². The lowest BCUT2D eigenvalue weighted by Gasteiger charge is -2.19. The molecule has 7 nitrogen and oxygen atoms in total. The summed E-state index contributed by atoms with van der Waals surface area (Å²) in [6.45, 7) is 5.07. The number of aryl methyl sites for hydroxylation is 3. The Morgan fingerprint density at radius 3 is 2.19 bits per heavy atom. The molecule has 0 spiro atoms. The lowest BCUT2D eigenvalue weighted by molar-refractivity contribution is 0.0599. The molecule has 0 saturated carbocycles. The zero-order valence-corrected chi connectivity index (χ0v) is 16.6. The number of sulfonamides is 1. The fourth-order valence-corrected chi connectivity index (χ4v) is 4.37. The molecule has 0 N–H and O–H groups in total. The van der Waals surface area contributed by atoms with Crippen molar-refractivity contribution in [3.63, 3.8) is 0 Å². The number of benzene rings is 1. The molecule has 0 aliphatic rings. The third kappa shape index (κ3) is 3.76. The van der Waals surface area contributed by atoms with Crippen LogP contribution in [-0.2, 0) is 21.3 Å². The zero-order valence-electron chi connectivity index (χ0n) is 15.7. The predicted molar refractivity (Wildman–Crippen MR) is 95.9 cm³/mol. The number of hydrogen-bond acceptors (Lipinski definition) is 6. The molecule has 0 bridgehead atoms. The van der Waals surface area contributed by atoms with Crippen LogP contribution in [0.1, 0.15) is 33.0 Å². The molecule has 0 aliphatic carbocycles. The number of furan rings is 1. The minimum absolute atomic E-state index is 0.00885. The monoisotopic (exact) mass is 381 g/mol. The van der Waals surface area contributed by atoms with E-state index in [0.717, 1.165) is 0 Å². The fraction of sp³-hybridized carbons (Fsp3) is 0.389. The Morgan fingerprint density at radius 1 is 1.12 bits per heavy atom. The van der Waals surface area contributed by atoms with Crippen LogP contribution in [0.15, 0.2) is 27.5 Å². The quantitative estimate of drug-likeness (QED) is 0.715. The molecule has 0 amide bonds. The standard InChI is InChI=1S/C18H23NO6S/c1-11-7-14(23-5)8-12(2)17(11)26(21,22)19(4)10-15-9-16(13(3)25-15)18(20)24-6/h7-9H,10H2,1-6H3. The van der Waals surface area contributed by atoms with Crippen molar-refractivity contribution >= 4 is 16.0 Å². The molecule has 0 saturated heterocycles. The number of carbonyl (C=O) groups is 1. The van der Waals surface area contributed by atoms with Crippen LogP contribution < -0.4 is 4.74 Å². The summed E-state index contributed by atoms with van der Waals surface area (Å²) in [6, 6.07) is 4.86. The van der Waals surface area contributed by atoms with E-state index in [2.05, 4.69) is 4.74 Å². The van der Waals surface area contributed by atoms with Gasteiger partial charge in [-0.05, 0) is 50.1 Å². The van der Waals surface area contributed by atoms with Crippen LogP contribution in [0.5, 0.6) is 5.75 Å². The average molecular weight is 381 g/mol. The van der Waals surface area contributed by atoms with Gasteiger partial charge in [0.05, 0.1) is 25.7 Å². The van der Waals surface area contributed by atoms with Crippen LogP contribution in [0.2, 0.25) is 0 Å². The molecule has 2 aromatic rings. The van der Waals surface area contributed by atoms with Crippen LogP contribution >= 0.6 is 0 Å². The lowest BCUT2D eigenvalue weighted by Crippen LogP contribution is -2.27. The highest BCUT2D eigenvalue weighted by atomic mass is 32.2. The summed E-state index contributed by atoms with van der Waals surface area (Å²) in [6.07, 6.45) is 0. The van der Waals surface area contributed by atoms with Crippen LogP contribution in [-0.4, -0.2) is 40.0 Å². The van der Waals surface area contributed by atoms with Crippen molar-refractivity contribution in [1.29, 1.82) is 0 Å². The first-order valence-corrected chi connectivity index (χ1v) is 9.35. The highest BCUT2D eigenvalue weighted by molar-refractivity contribution is 7.89. The van der Waals surface area contributed by atoms with Gasteiger partial charge in [0, 0.05) is 7.05 Å². The van der Waals surface area contributed by atoms with Gasteiger partial charge >= 0.3 is 5.97 Å².